The lowest BCUT2D eigenvalue weighted by atomic mass is 10.2. The summed E-state index contributed by atoms with van der Waals surface area (Å²) >= 11 is 1.75. The normalized spacial score (nSPS) is 10.3. The number of anilines is 1. The van der Waals surface area contributed by atoms with Crippen LogP contribution in [0.2, 0.25) is 0 Å². The van der Waals surface area contributed by atoms with E-state index in [0.717, 1.165) is 30.8 Å². The first-order valence-corrected chi connectivity index (χ1v) is 6.81. The molecule has 0 aliphatic rings. The first-order chi connectivity index (χ1) is 8.74. The van der Waals surface area contributed by atoms with Crippen LogP contribution in [0.1, 0.15) is 27.7 Å². The van der Waals surface area contributed by atoms with Gasteiger partial charge in [-0.2, -0.15) is 0 Å². The largest absolute Gasteiger partial charge is 0.352 e. The second-order valence-electron chi connectivity index (χ2n) is 4.12. The fraction of sp³-hybridized carbons (Fsp3) is 0.286. The zero-order valence-corrected chi connectivity index (χ0v) is 11.4. The van der Waals surface area contributed by atoms with Crippen LogP contribution in [0.25, 0.3) is 0 Å². The lowest BCUT2D eigenvalue weighted by molar-refractivity contribution is 0.112. The van der Waals surface area contributed by atoms with Crippen molar-refractivity contribution in [3.8, 4) is 0 Å². The van der Waals surface area contributed by atoms with E-state index in [1.54, 1.807) is 17.5 Å². The van der Waals surface area contributed by atoms with Crippen LogP contribution in [0.15, 0.2) is 29.8 Å². The molecule has 0 saturated heterocycles. The van der Waals surface area contributed by atoms with Crippen LogP contribution in [0.4, 0.5) is 5.82 Å². The number of pyridine rings is 1. The molecule has 0 fully saturated rings. The molecule has 3 nitrogen and oxygen atoms in total. The van der Waals surface area contributed by atoms with Gasteiger partial charge in [-0.1, -0.05) is 6.07 Å². The summed E-state index contributed by atoms with van der Waals surface area (Å²) in [5.41, 5.74) is 1.67. The molecule has 2 rings (SSSR count). The van der Waals surface area contributed by atoms with Gasteiger partial charge in [0.25, 0.3) is 0 Å². The van der Waals surface area contributed by atoms with E-state index in [0.29, 0.717) is 5.56 Å². The van der Waals surface area contributed by atoms with Crippen molar-refractivity contribution >= 4 is 23.4 Å². The van der Waals surface area contributed by atoms with Crippen LogP contribution >= 0.6 is 11.3 Å². The predicted molar refractivity (Wildman–Crippen MR) is 75.4 cm³/mol. The summed E-state index contributed by atoms with van der Waals surface area (Å²) in [6.07, 6.45) is 2.46. The minimum Gasteiger partial charge on any atom is -0.352 e. The third kappa shape index (κ3) is 2.76. The van der Waals surface area contributed by atoms with Crippen molar-refractivity contribution < 1.29 is 4.79 Å². The van der Waals surface area contributed by atoms with Gasteiger partial charge < -0.3 is 4.90 Å². The van der Waals surface area contributed by atoms with Gasteiger partial charge in [-0.25, -0.2) is 4.98 Å². The highest BCUT2D eigenvalue weighted by Gasteiger charge is 2.10. The third-order valence-electron chi connectivity index (χ3n) is 2.82. The van der Waals surface area contributed by atoms with Gasteiger partial charge in [0.15, 0.2) is 6.29 Å². The molecule has 18 heavy (non-hydrogen) atoms. The van der Waals surface area contributed by atoms with Gasteiger partial charge in [0.05, 0.1) is 6.54 Å². The molecule has 0 unspecified atom stereocenters. The van der Waals surface area contributed by atoms with Crippen LogP contribution in [0.5, 0.6) is 0 Å². The standard InChI is InChI=1S/C14H16N2OS/c1-3-16(9-13-5-4-6-18-13)14-11(2)7-12(10-17)8-15-14/h4-8,10H,3,9H2,1-2H3. The fourth-order valence-electron chi connectivity index (χ4n) is 1.91. The number of aldehydes is 1. The Balaban J connectivity index is 2.24. The Morgan fingerprint density at radius 3 is 2.89 bits per heavy atom. The highest BCUT2D eigenvalue weighted by atomic mass is 32.1. The number of thiophene rings is 1. The summed E-state index contributed by atoms with van der Waals surface area (Å²) in [7, 11) is 0. The number of nitrogens with zero attached hydrogens (tertiary/aromatic N) is 2. The van der Waals surface area contributed by atoms with E-state index in [1.807, 2.05) is 13.0 Å². The molecule has 0 aromatic carbocycles. The van der Waals surface area contributed by atoms with Crippen LogP contribution < -0.4 is 4.90 Å². The van der Waals surface area contributed by atoms with Gasteiger partial charge in [0.2, 0.25) is 0 Å². The zero-order valence-electron chi connectivity index (χ0n) is 10.6. The maximum absolute atomic E-state index is 10.7. The summed E-state index contributed by atoms with van der Waals surface area (Å²) in [6.45, 7) is 5.86. The van der Waals surface area contributed by atoms with Crippen molar-refractivity contribution in [3.63, 3.8) is 0 Å². The number of carbonyl (C=O) groups is 1. The van der Waals surface area contributed by atoms with Crippen LogP contribution in [-0.2, 0) is 6.54 Å². The second kappa shape index (κ2) is 5.78. The molecule has 0 N–H and O–H groups in total. The van der Waals surface area contributed by atoms with E-state index in [-0.39, 0.29) is 0 Å². The zero-order chi connectivity index (χ0) is 13.0. The molecule has 2 heterocycles. The Kier molecular flexibility index (Phi) is 4.10. The fourth-order valence-corrected chi connectivity index (χ4v) is 2.63. The van der Waals surface area contributed by atoms with Gasteiger partial charge in [-0.05, 0) is 36.9 Å². The van der Waals surface area contributed by atoms with Crippen molar-refractivity contribution in [1.82, 2.24) is 4.98 Å². The van der Waals surface area contributed by atoms with Crippen molar-refractivity contribution in [1.29, 1.82) is 0 Å². The van der Waals surface area contributed by atoms with E-state index < -0.39 is 0 Å². The van der Waals surface area contributed by atoms with Crippen molar-refractivity contribution in [3.05, 3.63) is 45.8 Å². The number of hydrogen-bond donors (Lipinski definition) is 0. The molecule has 0 amide bonds. The van der Waals surface area contributed by atoms with Crippen LogP contribution in [0, 0.1) is 6.92 Å². The molecule has 0 atom stereocenters. The van der Waals surface area contributed by atoms with Gasteiger partial charge >= 0.3 is 0 Å². The molecule has 0 radical (unpaired) electrons. The molecule has 2 aromatic heterocycles. The van der Waals surface area contributed by atoms with Gasteiger partial charge in [0, 0.05) is 23.2 Å². The number of hydrogen-bond acceptors (Lipinski definition) is 4. The van der Waals surface area contributed by atoms with Gasteiger partial charge in [-0.15, -0.1) is 11.3 Å². The highest BCUT2D eigenvalue weighted by molar-refractivity contribution is 7.09. The third-order valence-corrected chi connectivity index (χ3v) is 3.68. The molecular formula is C14H16N2OS. The summed E-state index contributed by atoms with van der Waals surface area (Å²) in [4.78, 5) is 18.6. The molecule has 0 spiro atoms. The summed E-state index contributed by atoms with van der Waals surface area (Å²) in [5, 5.41) is 2.08. The summed E-state index contributed by atoms with van der Waals surface area (Å²) in [6, 6.07) is 6.07. The van der Waals surface area contributed by atoms with Crippen molar-refractivity contribution in [2.75, 3.05) is 11.4 Å². The molecule has 2 aromatic rings. The molecule has 0 aliphatic carbocycles. The van der Waals surface area contributed by atoms with Crippen LogP contribution in [-0.4, -0.2) is 17.8 Å². The number of aryl methyl sites for hydroxylation is 1. The molecule has 0 saturated carbocycles. The minimum absolute atomic E-state index is 0.628. The molecule has 4 heteroatoms. The smallest absolute Gasteiger partial charge is 0.151 e. The average molecular weight is 260 g/mol. The number of rotatable bonds is 5. The molecule has 0 bridgehead atoms. The molecule has 94 valence electrons. The lowest BCUT2D eigenvalue weighted by Crippen LogP contribution is -2.23. The van der Waals surface area contributed by atoms with E-state index in [1.165, 1.54) is 4.88 Å². The predicted octanol–water partition coefficient (Wildman–Crippen LogP) is 3.29. The number of carbonyl (C=O) groups excluding carboxylic acids is 1. The maximum atomic E-state index is 10.7. The quantitative estimate of drug-likeness (QED) is 0.773. The Morgan fingerprint density at radius 1 is 1.50 bits per heavy atom. The first kappa shape index (κ1) is 12.8. The van der Waals surface area contributed by atoms with Crippen molar-refractivity contribution in [2.24, 2.45) is 0 Å². The second-order valence-corrected chi connectivity index (χ2v) is 5.15. The maximum Gasteiger partial charge on any atom is 0.151 e. The van der Waals surface area contributed by atoms with E-state index in [4.69, 9.17) is 0 Å². The number of aromatic nitrogens is 1. The Morgan fingerprint density at radius 2 is 2.33 bits per heavy atom. The van der Waals surface area contributed by atoms with Gasteiger partial charge in [-0.3, -0.25) is 4.79 Å². The van der Waals surface area contributed by atoms with Gasteiger partial charge in [0.1, 0.15) is 5.82 Å². The Bertz CT molecular complexity index is 523. The first-order valence-electron chi connectivity index (χ1n) is 5.93. The van der Waals surface area contributed by atoms with E-state index >= 15 is 0 Å². The topological polar surface area (TPSA) is 33.2 Å². The molecular weight excluding hydrogens is 244 g/mol. The minimum atomic E-state index is 0.628. The monoisotopic (exact) mass is 260 g/mol. The van der Waals surface area contributed by atoms with E-state index in [9.17, 15) is 4.79 Å². The van der Waals surface area contributed by atoms with Crippen molar-refractivity contribution in [2.45, 2.75) is 20.4 Å². The lowest BCUT2D eigenvalue weighted by Gasteiger charge is -2.23. The summed E-state index contributed by atoms with van der Waals surface area (Å²) in [5.74, 6) is 0.955. The Hall–Kier alpha value is -1.68. The molecule has 0 aliphatic heterocycles. The Labute approximate surface area is 111 Å². The highest BCUT2D eigenvalue weighted by Crippen LogP contribution is 2.21. The van der Waals surface area contributed by atoms with Crippen LogP contribution in [0.3, 0.4) is 0 Å². The average Bonchev–Trinajstić information content (AvgIpc) is 2.89. The summed E-state index contributed by atoms with van der Waals surface area (Å²) < 4.78 is 0. The SMILES string of the molecule is CCN(Cc1cccs1)c1ncc(C=O)cc1C. The van der Waals surface area contributed by atoms with E-state index in [2.05, 4.69) is 34.3 Å².